The smallest absolute Gasteiger partial charge is 0.254 e. The zero-order valence-corrected chi connectivity index (χ0v) is 11.6. The van der Waals surface area contributed by atoms with Gasteiger partial charge in [-0.1, -0.05) is 6.07 Å². The molecule has 0 aliphatic carbocycles. The lowest BCUT2D eigenvalue weighted by molar-refractivity contribution is 0.0743. The van der Waals surface area contributed by atoms with E-state index in [1.807, 2.05) is 36.1 Å². The maximum Gasteiger partial charge on any atom is 0.254 e. The number of ether oxygens (including phenoxy) is 1. The van der Waals surface area contributed by atoms with Gasteiger partial charge in [-0.3, -0.25) is 4.79 Å². The fourth-order valence-corrected chi connectivity index (χ4v) is 2.65. The number of carbonyl (C=O) groups is 1. The molecule has 2 N–H and O–H groups in total. The van der Waals surface area contributed by atoms with E-state index >= 15 is 0 Å². The van der Waals surface area contributed by atoms with E-state index in [-0.39, 0.29) is 11.9 Å². The number of hydrogen-bond donors (Lipinski definition) is 1. The van der Waals surface area contributed by atoms with Crippen molar-refractivity contribution in [2.75, 3.05) is 19.7 Å². The minimum atomic E-state index is 0.0741. The first-order valence-corrected chi connectivity index (χ1v) is 6.89. The van der Waals surface area contributed by atoms with Gasteiger partial charge in [0.05, 0.1) is 6.61 Å². The zero-order valence-electron chi connectivity index (χ0n) is 11.6. The van der Waals surface area contributed by atoms with Crippen LogP contribution in [0.15, 0.2) is 24.3 Å². The van der Waals surface area contributed by atoms with E-state index in [2.05, 4.69) is 6.92 Å². The van der Waals surface area contributed by atoms with E-state index in [9.17, 15) is 4.79 Å². The summed E-state index contributed by atoms with van der Waals surface area (Å²) in [5, 5.41) is 0. The van der Waals surface area contributed by atoms with Crippen LogP contribution in [0, 0.1) is 5.92 Å². The topological polar surface area (TPSA) is 55.6 Å². The third kappa shape index (κ3) is 3.07. The quantitative estimate of drug-likeness (QED) is 0.901. The summed E-state index contributed by atoms with van der Waals surface area (Å²) in [6.07, 6.45) is 0.993. The van der Waals surface area contributed by atoms with Gasteiger partial charge < -0.3 is 15.4 Å². The van der Waals surface area contributed by atoms with E-state index in [1.54, 1.807) is 0 Å². The fraction of sp³-hybridized carbons (Fsp3) is 0.533. The second-order valence-corrected chi connectivity index (χ2v) is 5.10. The van der Waals surface area contributed by atoms with Crippen molar-refractivity contribution in [1.82, 2.24) is 4.90 Å². The van der Waals surface area contributed by atoms with Crippen LogP contribution < -0.4 is 10.5 Å². The monoisotopic (exact) mass is 262 g/mol. The molecular weight excluding hydrogens is 240 g/mol. The van der Waals surface area contributed by atoms with Crippen LogP contribution in [0.25, 0.3) is 0 Å². The predicted octanol–water partition coefficient (Wildman–Crippen LogP) is 1.89. The molecule has 1 fully saturated rings. The number of benzene rings is 1. The summed E-state index contributed by atoms with van der Waals surface area (Å²) in [5.74, 6) is 1.25. The Hall–Kier alpha value is -1.55. The van der Waals surface area contributed by atoms with Crippen LogP contribution in [0.1, 0.15) is 30.6 Å². The van der Waals surface area contributed by atoms with Crippen molar-refractivity contribution in [3.63, 3.8) is 0 Å². The lowest BCUT2D eigenvalue weighted by atomic mass is 10.1. The van der Waals surface area contributed by atoms with E-state index in [0.717, 1.165) is 18.7 Å². The summed E-state index contributed by atoms with van der Waals surface area (Å²) >= 11 is 0. The minimum Gasteiger partial charge on any atom is -0.494 e. The summed E-state index contributed by atoms with van der Waals surface area (Å²) < 4.78 is 5.44. The summed E-state index contributed by atoms with van der Waals surface area (Å²) in [6, 6.07) is 7.65. The molecule has 2 rings (SSSR count). The molecule has 0 radical (unpaired) electrons. The van der Waals surface area contributed by atoms with Crippen LogP contribution in [-0.4, -0.2) is 36.5 Å². The highest BCUT2D eigenvalue weighted by Crippen LogP contribution is 2.25. The van der Waals surface area contributed by atoms with Crippen LogP contribution in [0.3, 0.4) is 0 Å². The molecule has 2 unspecified atom stereocenters. The number of nitrogens with zero attached hydrogens (tertiary/aromatic N) is 1. The Morgan fingerprint density at radius 1 is 1.53 bits per heavy atom. The zero-order chi connectivity index (χ0) is 13.8. The Balaban J connectivity index is 2.13. The standard InChI is InChI=1S/C15H22N2O2/c1-3-19-14-6-4-5-13(8-14)15(18)17-10-12(9-16)7-11(17)2/h4-6,8,11-12H,3,7,9-10,16H2,1-2H3. The Morgan fingerprint density at radius 2 is 2.32 bits per heavy atom. The summed E-state index contributed by atoms with van der Waals surface area (Å²) in [6.45, 7) is 6.03. The van der Waals surface area contributed by atoms with Gasteiger partial charge in [-0.2, -0.15) is 0 Å². The molecule has 1 aromatic carbocycles. The average Bonchev–Trinajstić information content (AvgIpc) is 2.80. The van der Waals surface area contributed by atoms with Crippen LogP contribution in [0.5, 0.6) is 5.75 Å². The van der Waals surface area contributed by atoms with Crippen LogP contribution in [-0.2, 0) is 0 Å². The van der Waals surface area contributed by atoms with E-state index in [0.29, 0.717) is 24.6 Å². The summed E-state index contributed by atoms with van der Waals surface area (Å²) in [7, 11) is 0. The molecule has 0 aromatic heterocycles. The number of amides is 1. The Morgan fingerprint density at radius 3 is 2.95 bits per heavy atom. The first kappa shape index (κ1) is 13.9. The van der Waals surface area contributed by atoms with Crippen molar-refractivity contribution in [3.05, 3.63) is 29.8 Å². The number of likely N-dealkylation sites (tertiary alicyclic amines) is 1. The third-order valence-electron chi connectivity index (χ3n) is 3.65. The van der Waals surface area contributed by atoms with Gasteiger partial charge in [-0.15, -0.1) is 0 Å². The second kappa shape index (κ2) is 6.06. The molecule has 0 saturated carbocycles. The Kier molecular flexibility index (Phi) is 4.43. The minimum absolute atomic E-state index is 0.0741. The van der Waals surface area contributed by atoms with E-state index in [4.69, 9.17) is 10.5 Å². The number of nitrogens with two attached hydrogens (primary N) is 1. The second-order valence-electron chi connectivity index (χ2n) is 5.10. The highest BCUT2D eigenvalue weighted by molar-refractivity contribution is 5.95. The molecule has 0 spiro atoms. The lowest BCUT2D eigenvalue weighted by Gasteiger charge is -2.21. The molecule has 1 aromatic rings. The SMILES string of the molecule is CCOc1cccc(C(=O)N2CC(CN)CC2C)c1. The highest BCUT2D eigenvalue weighted by atomic mass is 16.5. The number of rotatable bonds is 4. The normalized spacial score (nSPS) is 22.6. The maximum atomic E-state index is 12.5. The van der Waals surface area contributed by atoms with Gasteiger partial charge in [0, 0.05) is 18.2 Å². The predicted molar refractivity (Wildman–Crippen MR) is 75.3 cm³/mol. The van der Waals surface area contributed by atoms with Crippen molar-refractivity contribution in [3.8, 4) is 5.75 Å². The molecular formula is C15H22N2O2. The van der Waals surface area contributed by atoms with Crippen LogP contribution in [0.2, 0.25) is 0 Å². The molecule has 1 amide bonds. The Bertz CT molecular complexity index is 448. The largest absolute Gasteiger partial charge is 0.494 e. The van der Waals surface area contributed by atoms with Crippen molar-refractivity contribution >= 4 is 5.91 Å². The molecule has 1 aliphatic heterocycles. The van der Waals surface area contributed by atoms with E-state index < -0.39 is 0 Å². The highest BCUT2D eigenvalue weighted by Gasteiger charge is 2.32. The summed E-state index contributed by atoms with van der Waals surface area (Å²) in [4.78, 5) is 14.4. The van der Waals surface area contributed by atoms with Crippen molar-refractivity contribution in [1.29, 1.82) is 0 Å². The summed E-state index contributed by atoms with van der Waals surface area (Å²) in [5.41, 5.74) is 6.39. The molecule has 4 heteroatoms. The Labute approximate surface area is 114 Å². The average molecular weight is 262 g/mol. The molecule has 1 heterocycles. The first-order chi connectivity index (χ1) is 9.15. The van der Waals surface area contributed by atoms with Gasteiger partial charge in [0.15, 0.2) is 0 Å². The fourth-order valence-electron chi connectivity index (χ4n) is 2.65. The van der Waals surface area contributed by atoms with Crippen molar-refractivity contribution in [2.24, 2.45) is 11.7 Å². The first-order valence-electron chi connectivity index (χ1n) is 6.89. The van der Waals surface area contributed by atoms with Gasteiger partial charge in [0.25, 0.3) is 5.91 Å². The third-order valence-corrected chi connectivity index (χ3v) is 3.65. The molecule has 1 aliphatic rings. The van der Waals surface area contributed by atoms with Gasteiger partial charge in [-0.25, -0.2) is 0 Å². The molecule has 4 nitrogen and oxygen atoms in total. The van der Waals surface area contributed by atoms with Crippen molar-refractivity contribution in [2.45, 2.75) is 26.3 Å². The number of carbonyl (C=O) groups excluding carboxylic acids is 1. The molecule has 19 heavy (non-hydrogen) atoms. The van der Waals surface area contributed by atoms with Gasteiger partial charge in [-0.05, 0) is 50.9 Å². The molecule has 104 valence electrons. The van der Waals surface area contributed by atoms with Gasteiger partial charge >= 0.3 is 0 Å². The maximum absolute atomic E-state index is 12.5. The van der Waals surface area contributed by atoms with Crippen LogP contribution in [0.4, 0.5) is 0 Å². The lowest BCUT2D eigenvalue weighted by Crippen LogP contribution is -2.34. The molecule has 2 atom stereocenters. The molecule has 1 saturated heterocycles. The molecule has 0 bridgehead atoms. The van der Waals surface area contributed by atoms with Gasteiger partial charge in [0.1, 0.15) is 5.75 Å². The van der Waals surface area contributed by atoms with E-state index in [1.165, 1.54) is 0 Å². The van der Waals surface area contributed by atoms with Crippen molar-refractivity contribution < 1.29 is 9.53 Å². The van der Waals surface area contributed by atoms with Gasteiger partial charge in [0.2, 0.25) is 0 Å². The number of hydrogen-bond acceptors (Lipinski definition) is 3. The van der Waals surface area contributed by atoms with Crippen LogP contribution >= 0.6 is 0 Å².